The molecule has 3 radical (unpaired) electrons. The van der Waals surface area contributed by atoms with Crippen molar-refractivity contribution in [2.45, 2.75) is 0 Å². The molecule has 0 saturated heterocycles. The van der Waals surface area contributed by atoms with Crippen molar-refractivity contribution >= 4 is 32.6 Å². The van der Waals surface area contributed by atoms with E-state index in [-0.39, 0.29) is 0 Å². The van der Waals surface area contributed by atoms with Crippen molar-refractivity contribution in [2.75, 3.05) is 0 Å². The van der Waals surface area contributed by atoms with E-state index in [0.717, 1.165) is 0 Å². The average molecular weight is 290 g/mol. The van der Waals surface area contributed by atoms with Crippen LogP contribution < -0.4 is 15.9 Å². The zero-order valence-corrected chi connectivity index (χ0v) is 13.0. The summed E-state index contributed by atoms with van der Waals surface area (Å²) < 4.78 is 0. The first-order chi connectivity index (χ1) is 9.82. The number of rotatable bonds is 3. The van der Waals surface area contributed by atoms with Crippen LogP contribution in [0.5, 0.6) is 0 Å². The Kier molecular flexibility index (Phi) is 3.82. The lowest BCUT2D eigenvalue weighted by atomic mass is 10.4. The Morgan fingerprint density at radius 2 is 0.700 bits per heavy atom. The molecule has 0 bridgehead atoms. The molecule has 95 valence electrons. The monoisotopic (exact) mass is 290 g/mol. The van der Waals surface area contributed by atoms with E-state index in [4.69, 9.17) is 0 Å². The fourth-order valence-corrected chi connectivity index (χ4v) is 6.50. The molecule has 3 aromatic carbocycles. The van der Waals surface area contributed by atoms with E-state index in [1.807, 2.05) is 0 Å². The quantitative estimate of drug-likeness (QED) is 0.514. The maximum atomic E-state index is 4.18. The third kappa shape index (κ3) is 2.35. The molecule has 0 saturated carbocycles. The van der Waals surface area contributed by atoms with E-state index >= 15 is 0 Å². The Morgan fingerprint density at radius 1 is 0.450 bits per heavy atom. The minimum absolute atomic E-state index is 1.34. The summed E-state index contributed by atoms with van der Waals surface area (Å²) in [5, 5.41) is 4.03. The van der Waals surface area contributed by atoms with E-state index in [9.17, 15) is 0 Å². The summed E-state index contributed by atoms with van der Waals surface area (Å²) >= 11 is 0. The SMILES string of the molecule is [Si][P+](c1ccccc1)(c1ccccc1)c1ccccc1. The van der Waals surface area contributed by atoms with Gasteiger partial charge in [-0.1, -0.05) is 54.6 Å². The van der Waals surface area contributed by atoms with Gasteiger partial charge >= 0.3 is 9.91 Å². The average Bonchev–Trinajstić information content (AvgIpc) is 2.56. The lowest BCUT2D eigenvalue weighted by molar-refractivity contribution is 1.73. The van der Waals surface area contributed by atoms with Crippen LogP contribution in [0.2, 0.25) is 0 Å². The molecule has 0 aliphatic heterocycles. The van der Waals surface area contributed by atoms with Crippen LogP contribution in [-0.4, -0.2) is 9.91 Å². The van der Waals surface area contributed by atoms with Crippen molar-refractivity contribution in [1.29, 1.82) is 0 Å². The van der Waals surface area contributed by atoms with Crippen LogP contribution in [0.3, 0.4) is 0 Å². The number of benzene rings is 3. The number of hydrogen-bond acceptors (Lipinski definition) is 0. The van der Waals surface area contributed by atoms with Crippen LogP contribution in [0, 0.1) is 0 Å². The highest BCUT2D eigenvalue weighted by molar-refractivity contribution is 8.13. The first-order valence-electron chi connectivity index (χ1n) is 6.63. The second kappa shape index (κ2) is 5.74. The van der Waals surface area contributed by atoms with Crippen LogP contribution in [0.4, 0.5) is 0 Å². The predicted octanol–water partition coefficient (Wildman–Crippen LogP) is 3.06. The third-order valence-electron chi connectivity index (χ3n) is 3.43. The third-order valence-corrected chi connectivity index (χ3v) is 8.97. The summed E-state index contributed by atoms with van der Waals surface area (Å²) in [7, 11) is 4.18. The molecule has 0 aromatic heterocycles. The molecule has 0 aliphatic carbocycles. The molecule has 0 nitrogen and oxygen atoms in total. The van der Waals surface area contributed by atoms with Crippen molar-refractivity contribution < 1.29 is 0 Å². The second-order valence-electron chi connectivity index (χ2n) is 4.68. The summed E-state index contributed by atoms with van der Waals surface area (Å²) in [6.45, 7) is -1.72. The zero-order valence-electron chi connectivity index (χ0n) is 11.1. The van der Waals surface area contributed by atoms with Gasteiger partial charge in [0.2, 0.25) is 0 Å². The van der Waals surface area contributed by atoms with Gasteiger partial charge in [-0.25, -0.2) is 0 Å². The minimum atomic E-state index is -1.72. The van der Waals surface area contributed by atoms with Crippen LogP contribution in [-0.2, 0) is 0 Å². The summed E-state index contributed by atoms with van der Waals surface area (Å²) in [5.41, 5.74) is 0. The molecule has 3 aromatic rings. The molecule has 0 atom stereocenters. The van der Waals surface area contributed by atoms with Crippen molar-refractivity contribution in [3.63, 3.8) is 0 Å². The summed E-state index contributed by atoms with van der Waals surface area (Å²) in [4.78, 5) is 0. The molecule has 0 heterocycles. The van der Waals surface area contributed by atoms with E-state index in [1.165, 1.54) is 15.9 Å². The standard InChI is InChI=1S/C18H15PSi/c20-19(16-10-4-1-5-11-16,17-12-6-2-7-13-17)18-14-8-3-9-15-18/h1-15H/q+1. The largest absolute Gasteiger partial charge is 0.347 e. The Bertz CT molecular complexity index is 569. The van der Waals surface area contributed by atoms with Gasteiger partial charge in [0.15, 0.2) is 0 Å². The highest BCUT2D eigenvalue weighted by Gasteiger charge is 2.40. The van der Waals surface area contributed by atoms with Gasteiger partial charge in [-0.2, -0.15) is 0 Å². The Labute approximate surface area is 124 Å². The molecule has 0 N–H and O–H groups in total. The van der Waals surface area contributed by atoms with Crippen LogP contribution in [0.25, 0.3) is 0 Å². The molecule has 0 amide bonds. The van der Waals surface area contributed by atoms with Crippen molar-refractivity contribution in [3.05, 3.63) is 91.0 Å². The summed E-state index contributed by atoms with van der Waals surface area (Å²) in [6, 6.07) is 32.1. The molecular weight excluding hydrogens is 275 g/mol. The lowest BCUT2D eigenvalue weighted by Gasteiger charge is -2.22. The van der Waals surface area contributed by atoms with Gasteiger partial charge < -0.3 is 0 Å². The van der Waals surface area contributed by atoms with Crippen molar-refractivity contribution in [2.24, 2.45) is 0 Å². The normalized spacial score (nSPS) is 11.2. The maximum absolute atomic E-state index is 4.18. The first-order valence-corrected chi connectivity index (χ1v) is 9.76. The Morgan fingerprint density at radius 3 is 0.950 bits per heavy atom. The molecule has 2 heteroatoms. The Hall–Kier alpha value is -1.69. The van der Waals surface area contributed by atoms with E-state index < -0.39 is 6.81 Å². The topological polar surface area (TPSA) is 0 Å². The fraction of sp³-hybridized carbons (Fsp3) is 0. The Balaban J connectivity index is 2.24. The van der Waals surface area contributed by atoms with Crippen molar-refractivity contribution in [1.82, 2.24) is 0 Å². The van der Waals surface area contributed by atoms with Gasteiger partial charge in [0.25, 0.3) is 0 Å². The molecule has 0 fully saturated rings. The first kappa shape index (κ1) is 13.3. The van der Waals surface area contributed by atoms with Crippen LogP contribution in [0.15, 0.2) is 91.0 Å². The van der Waals surface area contributed by atoms with Gasteiger partial charge in [-0.3, -0.25) is 0 Å². The second-order valence-corrected chi connectivity index (χ2v) is 9.58. The molecule has 20 heavy (non-hydrogen) atoms. The minimum Gasteiger partial charge on any atom is -0.0620 e. The maximum Gasteiger partial charge on any atom is 0.347 e. The molecule has 0 spiro atoms. The predicted molar refractivity (Wildman–Crippen MR) is 90.9 cm³/mol. The van der Waals surface area contributed by atoms with Gasteiger partial charge in [0.05, 0.1) is 22.7 Å². The van der Waals surface area contributed by atoms with Gasteiger partial charge in [-0.15, -0.1) is 0 Å². The van der Waals surface area contributed by atoms with Gasteiger partial charge in [-0.05, 0) is 36.4 Å². The molecule has 3 rings (SSSR count). The van der Waals surface area contributed by atoms with Crippen LogP contribution in [0.1, 0.15) is 0 Å². The van der Waals surface area contributed by atoms with Crippen LogP contribution >= 0.6 is 6.81 Å². The van der Waals surface area contributed by atoms with E-state index in [1.54, 1.807) is 0 Å². The van der Waals surface area contributed by atoms with Gasteiger partial charge in [0.1, 0.15) is 0 Å². The lowest BCUT2D eigenvalue weighted by Crippen LogP contribution is -2.31. The van der Waals surface area contributed by atoms with Crippen molar-refractivity contribution in [3.8, 4) is 0 Å². The van der Waals surface area contributed by atoms with E-state index in [2.05, 4.69) is 101 Å². The highest BCUT2D eigenvalue weighted by Crippen LogP contribution is 2.49. The summed E-state index contributed by atoms with van der Waals surface area (Å²) in [5.74, 6) is 0. The van der Waals surface area contributed by atoms with Gasteiger partial charge in [0, 0.05) is 0 Å². The fourth-order valence-electron chi connectivity index (χ4n) is 2.40. The van der Waals surface area contributed by atoms with E-state index in [0.29, 0.717) is 0 Å². The zero-order chi connectivity index (χ0) is 13.8. The highest BCUT2D eigenvalue weighted by atomic mass is 31.4. The molecule has 0 unspecified atom stereocenters. The number of hydrogen-bond donors (Lipinski definition) is 0. The summed E-state index contributed by atoms with van der Waals surface area (Å²) in [6.07, 6.45) is 0. The smallest absolute Gasteiger partial charge is 0.0620 e. The molecule has 0 aliphatic rings. The molecular formula is C18H15PSi+.